The van der Waals surface area contributed by atoms with Crippen LogP contribution in [0.2, 0.25) is 0 Å². The quantitative estimate of drug-likeness (QED) is 0.755. The Kier molecular flexibility index (Phi) is 4.13. The van der Waals surface area contributed by atoms with E-state index in [4.69, 9.17) is 0 Å². The van der Waals surface area contributed by atoms with Gasteiger partial charge in [-0.05, 0) is 56.6 Å². The van der Waals surface area contributed by atoms with Crippen LogP contribution in [-0.2, 0) is 9.59 Å². The Morgan fingerprint density at radius 1 is 1.32 bits per heavy atom. The summed E-state index contributed by atoms with van der Waals surface area (Å²) in [6.07, 6.45) is 4.18. The van der Waals surface area contributed by atoms with Crippen molar-refractivity contribution in [3.05, 3.63) is 23.8 Å². The Bertz CT molecular complexity index is 806. The zero-order chi connectivity index (χ0) is 20.7. The monoisotopic (exact) mass is 394 g/mol. The van der Waals surface area contributed by atoms with Crippen LogP contribution in [-0.4, -0.2) is 45.8 Å². The minimum atomic E-state index is -2.01. The van der Waals surface area contributed by atoms with Crippen molar-refractivity contribution < 1.29 is 28.6 Å². The second-order valence-corrected chi connectivity index (χ2v) is 9.72. The number of fused-ring (bicyclic) bond motifs is 5. The van der Waals surface area contributed by atoms with Gasteiger partial charge in [0.05, 0.1) is 6.10 Å². The summed E-state index contributed by atoms with van der Waals surface area (Å²) >= 11 is 0. The summed E-state index contributed by atoms with van der Waals surface area (Å²) in [7, 11) is 0. The maximum Gasteiger partial charge on any atom is 0.196 e. The molecular formula is C22H28F2O4. The summed E-state index contributed by atoms with van der Waals surface area (Å²) in [6, 6.07) is 0. The number of hydrogen-bond acceptors (Lipinski definition) is 4. The van der Waals surface area contributed by atoms with Gasteiger partial charge in [-0.1, -0.05) is 25.5 Å². The maximum absolute atomic E-state index is 16.8. The highest BCUT2D eigenvalue weighted by Gasteiger charge is 2.75. The molecule has 0 radical (unpaired) electrons. The summed E-state index contributed by atoms with van der Waals surface area (Å²) in [4.78, 5) is 24.2. The summed E-state index contributed by atoms with van der Waals surface area (Å²) in [6.45, 7) is 3.85. The SMILES string of the molecule is C[C@@H]1C[C@H]2[C@@H]3CCC4=CC(=O)C=C[C@]4(C)[C@@]3(F)[C@@H](O)C[C@]2(C)[C@@]1(O)C(=O)CF. The standard InChI is InChI=1S/C22H28F2O4/c1-12-8-16-15-5-4-13-9-14(25)6-7-19(13,2)21(15,24)17(26)10-20(16,3)22(12,28)18(27)11-23/h6-7,9,12,15-17,26,28H,4-5,8,10-11H2,1-3H3/t12-,15+,16+,17+,19+,20+,21+,22+/m1/s1. The number of rotatable bonds is 2. The lowest BCUT2D eigenvalue weighted by Gasteiger charge is -2.62. The number of aliphatic hydroxyl groups excluding tert-OH is 1. The predicted molar refractivity (Wildman–Crippen MR) is 98.8 cm³/mol. The van der Waals surface area contributed by atoms with Crippen molar-refractivity contribution in [1.29, 1.82) is 0 Å². The first-order valence-electron chi connectivity index (χ1n) is 10.1. The van der Waals surface area contributed by atoms with E-state index in [1.165, 1.54) is 12.2 Å². The number of alkyl halides is 2. The normalized spacial score (nSPS) is 52.5. The van der Waals surface area contributed by atoms with Crippen molar-refractivity contribution in [2.24, 2.45) is 28.6 Å². The number of ketones is 2. The third-order valence-corrected chi connectivity index (χ3v) is 8.77. The second kappa shape index (κ2) is 5.82. The van der Waals surface area contributed by atoms with Crippen LogP contribution in [0.25, 0.3) is 0 Å². The Morgan fingerprint density at radius 3 is 2.64 bits per heavy atom. The fourth-order valence-electron chi connectivity index (χ4n) is 7.24. The average Bonchev–Trinajstić information content (AvgIpc) is 2.84. The summed E-state index contributed by atoms with van der Waals surface area (Å²) < 4.78 is 30.2. The molecule has 0 aromatic rings. The Balaban J connectivity index is 1.84. The Morgan fingerprint density at radius 2 is 2.00 bits per heavy atom. The van der Waals surface area contributed by atoms with Gasteiger partial charge in [0.25, 0.3) is 0 Å². The first-order valence-corrected chi connectivity index (χ1v) is 10.1. The molecule has 0 amide bonds. The first-order chi connectivity index (χ1) is 13.0. The molecule has 6 heteroatoms. The molecule has 0 aromatic carbocycles. The van der Waals surface area contributed by atoms with Crippen LogP contribution in [0.5, 0.6) is 0 Å². The molecule has 0 spiro atoms. The van der Waals surface area contributed by atoms with Gasteiger partial charge in [-0.3, -0.25) is 9.59 Å². The van der Waals surface area contributed by atoms with Crippen molar-refractivity contribution in [3.8, 4) is 0 Å². The predicted octanol–water partition coefficient (Wildman–Crippen LogP) is 2.87. The summed E-state index contributed by atoms with van der Waals surface area (Å²) in [5.74, 6) is -2.53. The van der Waals surface area contributed by atoms with Crippen LogP contribution in [0.3, 0.4) is 0 Å². The molecular weight excluding hydrogens is 366 g/mol. The molecule has 4 rings (SSSR count). The molecule has 0 aromatic heterocycles. The largest absolute Gasteiger partial charge is 0.390 e. The van der Waals surface area contributed by atoms with Crippen molar-refractivity contribution in [2.75, 3.05) is 6.67 Å². The first kappa shape index (κ1) is 19.9. The number of carbonyl (C=O) groups is 2. The summed E-state index contributed by atoms with van der Waals surface area (Å²) in [5.41, 5.74) is -5.45. The lowest BCUT2D eigenvalue weighted by molar-refractivity contribution is -0.219. The van der Waals surface area contributed by atoms with E-state index in [0.29, 0.717) is 24.8 Å². The van der Waals surface area contributed by atoms with Gasteiger partial charge in [0.2, 0.25) is 0 Å². The van der Waals surface area contributed by atoms with Crippen LogP contribution in [0.1, 0.15) is 46.5 Å². The van der Waals surface area contributed by atoms with Crippen molar-refractivity contribution in [1.82, 2.24) is 0 Å². The third-order valence-electron chi connectivity index (χ3n) is 8.77. The fourth-order valence-corrected chi connectivity index (χ4v) is 7.24. The van der Waals surface area contributed by atoms with Crippen LogP contribution >= 0.6 is 0 Å². The van der Waals surface area contributed by atoms with E-state index in [9.17, 15) is 24.2 Å². The fraction of sp³-hybridized carbons (Fsp3) is 0.727. The number of carbonyl (C=O) groups excluding carboxylic acids is 2. The average molecular weight is 394 g/mol. The zero-order valence-electron chi connectivity index (χ0n) is 16.5. The van der Waals surface area contributed by atoms with E-state index in [1.807, 2.05) is 0 Å². The van der Waals surface area contributed by atoms with Gasteiger partial charge in [0, 0.05) is 16.7 Å². The number of allylic oxidation sites excluding steroid dienone is 4. The molecule has 8 atom stereocenters. The van der Waals surface area contributed by atoms with Gasteiger partial charge in [-0.2, -0.15) is 0 Å². The van der Waals surface area contributed by atoms with Crippen LogP contribution in [0.4, 0.5) is 8.78 Å². The van der Waals surface area contributed by atoms with E-state index in [-0.39, 0.29) is 18.1 Å². The number of halogens is 2. The molecule has 3 fully saturated rings. The molecule has 0 bridgehead atoms. The van der Waals surface area contributed by atoms with Gasteiger partial charge in [-0.25, -0.2) is 8.78 Å². The zero-order valence-corrected chi connectivity index (χ0v) is 16.5. The van der Waals surface area contributed by atoms with Gasteiger partial charge in [-0.15, -0.1) is 0 Å². The molecule has 4 aliphatic carbocycles. The molecule has 0 heterocycles. The van der Waals surface area contributed by atoms with Crippen molar-refractivity contribution in [2.45, 2.75) is 63.8 Å². The second-order valence-electron chi connectivity index (χ2n) is 9.72. The van der Waals surface area contributed by atoms with Gasteiger partial charge < -0.3 is 10.2 Å². The Hall–Kier alpha value is -1.40. The van der Waals surface area contributed by atoms with E-state index < -0.39 is 52.5 Å². The number of Topliss-reactive ketones (excluding diaryl/α,β-unsaturated/α-hetero) is 1. The topological polar surface area (TPSA) is 74.6 Å². The van der Waals surface area contributed by atoms with E-state index in [1.54, 1.807) is 26.8 Å². The lowest BCUT2D eigenvalue weighted by Crippen LogP contribution is -2.69. The lowest BCUT2D eigenvalue weighted by atomic mass is 9.44. The molecule has 4 nitrogen and oxygen atoms in total. The highest BCUT2D eigenvalue weighted by atomic mass is 19.1. The number of hydrogen-bond donors (Lipinski definition) is 2. The van der Waals surface area contributed by atoms with Gasteiger partial charge in [0.1, 0.15) is 5.60 Å². The Labute approximate surface area is 163 Å². The van der Waals surface area contributed by atoms with Crippen LogP contribution < -0.4 is 0 Å². The van der Waals surface area contributed by atoms with E-state index in [0.717, 1.165) is 0 Å². The van der Waals surface area contributed by atoms with Crippen LogP contribution in [0, 0.1) is 28.6 Å². The van der Waals surface area contributed by atoms with Crippen molar-refractivity contribution >= 4 is 11.6 Å². The van der Waals surface area contributed by atoms with Gasteiger partial charge >= 0.3 is 0 Å². The van der Waals surface area contributed by atoms with Crippen LogP contribution in [0.15, 0.2) is 23.8 Å². The van der Waals surface area contributed by atoms with E-state index in [2.05, 4.69) is 0 Å². The highest BCUT2D eigenvalue weighted by Crippen LogP contribution is 2.70. The molecule has 28 heavy (non-hydrogen) atoms. The molecule has 154 valence electrons. The molecule has 0 aliphatic heterocycles. The molecule has 0 unspecified atom stereocenters. The molecule has 3 saturated carbocycles. The smallest absolute Gasteiger partial charge is 0.196 e. The highest BCUT2D eigenvalue weighted by molar-refractivity contribution is 6.01. The summed E-state index contributed by atoms with van der Waals surface area (Å²) in [5, 5.41) is 22.4. The van der Waals surface area contributed by atoms with Gasteiger partial charge in [0.15, 0.2) is 23.9 Å². The maximum atomic E-state index is 16.8. The van der Waals surface area contributed by atoms with E-state index >= 15 is 4.39 Å². The van der Waals surface area contributed by atoms with Crippen molar-refractivity contribution in [3.63, 3.8) is 0 Å². The minimum absolute atomic E-state index is 0.123. The molecule has 4 aliphatic rings. The molecule has 0 saturated heterocycles. The molecule has 2 N–H and O–H groups in total. The third kappa shape index (κ3) is 2.01. The number of aliphatic hydroxyl groups is 2. The minimum Gasteiger partial charge on any atom is -0.390 e.